The molecule has 0 unspecified atom stereocenters. The molecule has 0 amide bonds. The summed E-state index contributed by atoms with van der Waals surface area (Å²) < 4.78 is 14.9. The fraction of sp³-hybridized carbons (Fsp3) is 0.286. The van der Waals surface area contributed by atoms with Gasteiger partial charge in [-0.3, -0.25) is 4.79 Å². The van der Waals surface area contributed by atoms with Gasteiger partial charge in [0, 0.05) is 18.2 Å². The number of hydrogen-bond acceptors (Lipinski definition) is 4. The van der Waals surface area contributed by atoms with Crippen molar-refractivity contribution < 1.29 is 9.18 Å². The molecule has 0 saturated carbocycles. The second-order valence-corrected chi connectivity index (χ2v) is 7.46. The van der Waals surface area contributed by atoms with Crippen LogP contribution in [0.3, 0.4) is 0 Å². The standard InChI is InChI=1S/C21H22FN3OS/c1-4-14(2)15-5-7-16(8-6-15)19(26)13-27-21-24-23-20(25(21)3)17-9-11-18(22)12-10-17/h5-12,14H,4,13H2,1-3H3/t14-/m0/s1. The molecule has 0 bridgehead atoms. The summed E-state index contributed by atoms with van der Waals surface area (Å²) in [6.45, 7) is 4.33. The Hall–Kier alpha value is -2.47. The van der Waals surface area contributed by atoms with Gasteiger partial charge in [-0.05, 0) is 42.2 Å². The van der Waals surface area contributed by atoms with Gasteiger partial charge in [0.1, 0.15) is 5.82 Å². The Labute approximate surface area is 162 Å². The van der Waals surface area contributed by atoms with Crippen LogP contribution < -0.4 is 0 Å². The first-order valence-electron chi connectivity index (χ1n) is 8.91. The third-order valence-corrected chi connectivity index (χ3v) is 5.70. The Bertz CT molecular complexity index is 920. The molecule has 0 aliphatic rings. The van der Waals surface area contributed by atoms with E-state index >= 15 is 0 Å². The van der Waals surface area contributed by atoms with Gasteiger partial charge in [-0.15, -0.1) is 10.2 Å². The molecule has 140 valence electrons. The monoisotopic (exact) mass is 383 g/mol. The zero-order valence-corrected chi connectivity index (χ0v) is 16.5. The fourth-order valence-electron chi connectivity index (χ4n) is 2.74. The van der Waals surface area contributed by atoms with E-state index in [4.69, 9.17) is 0 Å². The average Bonchev–Trinajstić information content (AvgIpc) is 3.06. The highest BCUT2D eigenvalue weighted by molar-refractivity contribution is 7.99. The van der Waals surface area contributed by atoms with Gasteiger partial charge in [0.2, 0.25) is 0 Å². The number of nitrogens with zero attached hydrogens (tertiary/aromatic N) is 3. The molecule has 4 nitrogen and oxygen atoms in total. The maximum atomic E-state index is 13.1. The van der Waals surface area contributed by atoms with Crippen molar-refractivity contribution in [2.45, 2.75) is 31.3 Å². The summed E-state index contributed by atoms with van der Waals surface area (Å²) in [4.78, 5) is 12.5. The van der Waals surface area contributed by atoms with Crippen LogP contribution in [0.5, 0.6) is 0 Å². The van der Waals surface area contributed by atoms with E-state index in [-0.39, 0.29) is 17.4 Å². The number of carbonyl (C=O) groups is 1. The number of rotatable bonds is 7. The topological polar surface area (TPSA) is 47.8 Å². The largest absolute Gasteiger partial charge is 0.305 e. The molecule has 0 radical (unpaired) electrons. The van der Waals surface area contributed by atoms with Crippen LogP contribution in [0, 0.1) is 5.82 Å². The van der Waals surface area contributed by atoms with E-state index in [1.54, 1.807) is 12.1 Å². The van der Waals surface area contributed by atoms with Crippen LogP contribution in [0.15, 0.2) is 53.7 Å². The van der Waals surface area contributed by atoms with E-state index in [9.17, 15) is 9.18 Å². The van der Waals surface area contributed by atoms with Crippen molar-refractivity contribution in [1.29, 1.82) is 0 Å². The number of benzene rings is 2. The van der Waals surface area contributed by atoms with Gasteiger partial charge >= 0.3 is 0 Å². The summed E-state index contributed by atoms with van der Waals surface area (Å²) in [5.74, 6) is 1.19. The molecule has 1 heterocycles. The van der Waals surface area contributed by atoms with Crippen molar-refractivity contribution in [1.82, 2.24) is 14.8 Å². The fourth-order valence-corrected chi connectivity index (χ4v) is 3.54. The Morgan fingerprint density at radius 1 is 1.11 bits per heavy atom. The minimum absolute atomic E-state index is 0.0574. The Balaban J connectivity index is 1.66. The molecular weight excluding hydrogens is 361 g/mol. The normalized spacial score (nSPS) is 12.1. The van der Waals surface area contributed by atoms with E-state index in [0.717, 1.165) is 12.0 Å². The van der Waals surface area contributed by atoms with Gasteiger partial charge in [-0.1, -0.05) is 49.9 Å². The van der Waals surface area contributed by atoms with Crippen LogP contribution in [0.1, 0.15) is 42.1 Å². The molecule has 6 heteroatoms. The number of Topliss-reactive ketones (excluding diaryl/α,β-unsaturated/α-hetero) is 1. The number of carbonyl (C=O) groups excluding carboxylic acids is 1. The maximum absolute atomic E-state index is 13.1. The van der Waals surface area contributed by atoms with Crippen molar-refractivity contribution in [2.24, 2.45) is 7.05 Å². The van der Waals surface area contributed by atoms with Gasteiger partial charge in [-0.25, -0.2) is 4.39 Å². The average molecular weight is 383 g/mol. The lowest BCUT2D eigenvalue weighted by Crippen LogP contribution is -2.04. The first-order chi connectivity index (χ1) is 13.0. The number of aromatic nitrogens is 3. The van der Waals surface area contributed by atoms with E-state index in [2.05, 4.69) is 24.0 Å². The summed E-state index contributed by atoms with van der Waals surface area (Å²) >= 11 is 1.35. The van der Waals surface area contributed by atoms with Gasteiger partial charge in [-0.2, -0.15) is 0 Å². The Kier molecular flexibility index (Phi) is 6.06. The van der Waals surface area contributed by atoms with Crippen LogP contribution >= 0.6 is 11.8 Å². The molecule has 2 aromatic carbocycles. The van der Waals surface area contributed by atoms with Crippen LogP contribution in [0.4, 0.5) is 4.39 Å². The quantitative estimate of drug-likeness (QED) is 0.420. The molecule has 3 aromatic rings. The molecular formula is C21H22FN3OS. The van der Waals surface area contributed by atoms with Crippen molar-refractivity contribution in [3.63, 3.8) is 0 Å². The summed E-state index contributed by atoms with van der Waals surface area (Å²) in [6.07, 6.45) is 1.08. The van der Waals surface area contributed by atoms with Crippen LogP contribution in [-0.2, 0) is 7.05 Å². The number of ketones is 1. The van der Waals surface area contributed by atoms with Crippen LogP contribution in [0.2, 0.25) is 0 Å². The number of hydrogen-bond donors (Lipinski definition) is 0. The number of halogens is 1. The van der Waals surface area contributed by atoms with E-state index < -0.39 is 0 Å². The van der Waals surface area contributed by atoms with Gasteiger partial charge in [0.25, 0.3) is 0 Å². The summed E-state index contributed by atoms with van der Waals surface area (Å²) in [5.41, 5.74) is 2.74. The smallest absolute Gasteiger partial charge is 0.191 e. The highest BCUT2D eigenvalue weighted by Crippen LogP contribution is 2.24. The molecule has 27 heavy (non-hydrogen) atoms. The Morgan fingerprint density at radius 2 is 1.78 bits per heavy atom. The SMILES string of the molecule is CC[C@H](C)c1ccc(C(=O)CSc2nnc(-c3ccc(F)cc3)n2C)cc1. The van der Waals surface area contributed by atoms with E-state index in [1.807, 2.05) is 35.9 Å². The lowest BCUT2D eigenvalue weighted by atomic mass is 9.97. The molecule has 0 fully saturated rings. The van der Waals surface area contributed by atoms with Crippen molar-refractivity contribution >= 4 is 17.5 Å². The molecule has 1 atom stereocenters. The molecule has 1 aromatic heterocycles. The second kappa shape index (κ2) is 8.48. The summed E-state index contributed by atoms with van der Waals surface area (Å²) in [6, 6.07) is 14.0. The highest BCUT2D eigenvalue weighted by atomic mass is 32.2. The zero-order valence-electron chi connectivity index (χ0n) is 15.6. The molecule has 0 aliphatic carbocycles. The number of thioether (sulfide) groups is 1. The molecule has 0 spiro atoms. The highest BCUT2D eigenvalue weighted by Gasteiger charge is 2.14. The van der Waals surface area contributed by atoms with Crippen molar-refractivity contribution in [3.8, 4) is 11.4 Å². The van der Waals surface area contributed by atoms with Crippen LogP contribution in [-0.4, -0.2) is 26.3 Å². The van der Waals surface area contributed by atoms with Gasteiger partial charge < -0.3 is 4.57 Å². The minimum atomic E-state index is -0.291. The predicted molar refractivity (Wildman–Crippen MR) is 107 cm³/mol. The zero-order chi connectivity index (χ0) is 19.4. The second-order valence-electron chi connectivity index (χ2n) is 6.52. The predicted octanol–water partition coefficient (Wildman–Crippen LogP) is 5.11. The molecule has 0 N–H and O–H groups in total. The van der Waals surface area contributed by atoms with Gasteiger partial charge in [0.05, 0.1) is 5.75 Å². The minimum Gasteiger partial charge on any atom is -0.305 e. The van der Waals surface area contributed by atoms with E-state index in [1.165, 1.54) is 29.5 Å². The van der Waals surface area contributed by atoms with Gasteiger partial charge in [0.15, 0.2) is 16.8 Å². The Morgan fingerprint density at radius 3 is 2.41 bits per heavy atom. The summed E-state index contributed by atoms with van der Waals surface area (Å²) in [7, 11) is 1.84. The summed E-state index contributed by atoms with van der Waals surface area (Å²) in [5, 5.41) is 8.98. The van der Waals surface area contributed by atoms with Crippen molar-refractivity contribution in [3.05, 3.63) is 65.5 Å². The lowest BCUT2D eigenvalue weighted by molar-refractivity contribution is 0.102. The maximum Gasteiger partial charge on any atom is 0.191 e. The van der Waals surface area contributed by atoms with Crippen LogP contribution in [0.25, 0.3) is 11.4 Å². The molecule has 0 aliphatic heterocycles. The third kappa shape index (κ3) is 4.45. The van der Waals surface area contributed by atoms with E-state index in [0.29, 0.717) is 22.5 Å². The first-order valence-corrected chi connectivity index (χ1v) is 9.89. The lowest BCUT2D eigenvalue weighted by Gasteiger charge is -2.09. The van der Waals surface area contributed by atoms with Crippen molar-refractivity contribution in [2.75, 3.05) is 5.75 Å². The third-order valence-electron chi connectivity index (χ3n) is 4.68. The molecule has 3 rings (SSSR count). The first kappa shape index (κ1) is 19.3. The molecule has 0 saturated heterocycles.